The predicted octanol–water partition coefficient (Wildman–Crippen LogP) is 0.566. The van der Waals surface area contributed by atoms with Crippen LogP contribution in [0.1, 0.15) is 30.0 Å². The number of hydrogen-bond acceptors (Lipinski definition) is 4. The summed E-state index contributed by atoms with van der Waals surface area (Å²) in [5, 5.41) is 9.02. The fourth-order valence-electron chi connectivity index (χ4n) is 1.58. The zero-order chi connectivity index (χ0) is 10.1. The number of aromatic nitrogens is 1. The molecule has 1 aromatic heterocycles. The molecule has 5 N–H and O–H groups in total. The summed E-state index contributed by atoms with van der Waals surface area (Å²) in [6, 6.07) is 1.90. The highest BCUT2D eigenvalue weighted by Crippen LogP contribution is 2.39. The minimum absolute atomic E-state index is 0.0494. The van der Waals surface area contributed by atoms with Gasteiger partial charge < -0.3 is 16.6 Å². The van der Waals surface area contributed by atoms with E-state index < -0.39 is 0 Å². The van der Waals surface area contributed by atoms with E-state index in [1.807, 2.05) is 6.07 Å². The summed E-state index contributed by atoms with van der Waals surface area (Å²) in [6.07, 6.45) is 4.09. The van der Waals surface area contributed by atoms with Crippen molar-refractivity contribution < 1.29 is 5.11 Å². The van der Waals surface area contributed by atoms with Crippen LogP contribution in [0.25, 0.3) is 0 Å². The SMILES string of the molecule is Nc1ncc(C(N)C2CC2)cc1CO. The smallest absolute Gasteiger partial charge is 0.128 e. The van der Waals surface area contributed by atoms with Gasteiger partial charge in [0.2, 0.25) is 0 Å². The normalized spacial score (nSPS) is 18.1. The van der Waals surface area contributed by atoms with Gasteiger partial charge >= 0.3 is 0 Å². The molecule has 1 heterocycles. The third-order valence-electron chi connectivity index (χ3n) is 2.71. The minimum atomic E-state index is -0.0793. The van der Waals surface area contributed by atoms with Crippen molar-refractivity contribution in [3.63, 3.8) is 0 Å². The molecule has 0 bridgehead atoms. The van der Waals surface area contributed by atoms with Gasteiger partial charge in [0, 0.05) is 17.8 Å². The van der Waals surface area contributed by atoms with E-state index >= 15 is 0 Å². The number of rotatable bonds is 3. The molecule has 0 spiro atoms. The van der Waals surface area contributed by atoms with Crippen molar-refractivity contribution in [3.05, 3.63) is 23.4 Å². The maximum Gasteiger partial charge on any atom is 0.128 e. The van der Waals surface area contributed by atoms with Crippen LogP contribution in [0.3, 0.4) is 0 Å². The highest BCUT2D eigenvalue weighted by atomic mass is 16.3. The highest BCUT2D eigenvalue weighted by Gasteiger charge is 2.29. The van der Waals surface area contributed by atoms with Gasteiger partial charge in [-0.3, -0.25) is 0 Å². The van der Waals surface area contributed by atoms with E-state index in [0.717, 1.165) is 5.56 Å². The van der Waals surface area contributed by atoms with Gasteiger partial charge in [0.25, 0.3) is 0 Å². The van der Waals surface area contributed by atoms with Crippen LogP contribution in [0.5, 0.6) is 0 Å². The molecule has 4 heteroatoms. The van der Waals surface area contributed by atoms with Crippen molar-refractivity contribution in [2.45, 2.75) is 25.5 Å². The van der Waals surface area contributed by atoms with E-state index in [1.54, 1.807) is 6.20 Å². The van der Waals surface area contributed by atoms with Crippen molar-refractivity contribution in [3.8, 4) is 0 Å². The lowest BCUT2D eigenvalue weighted by molar-refractivity contribution is 0.282. The van der Waals surface area contributed by atoms with E-state index in [-0.39, 0.29) is 12.6 Å². The van der Waals surface area contributed by atoms with Crippen LogP contribution in [0.15, 0.2) is 12.3 Å². The Bertz CT molecular complexity index is 336. The Morgan fingerprint density at radius 1 is 1.57 bits per heavy atom. The molecule has 0 saturated heterocycles. The standard InChI is InChI=1S/C10H15N3O/c11-9(6-1-2-6)7-3-8(5-14)10(12)13-4-7/h3-4,6,9,14H,1-2,5,11H2,(H2,12,13). The summed E-state index contributed by atoms with van der Waals surface area (Å²) >= 11 is 0. The molecule has 1 fully saturated rings. The number of nitrogens with zero attached hydrogens (tertiary/aromatic N) is 1. The molecule has 1 aliphatic carbocycles. The van der Waals surface area contributed by atoms with Crippen LogP contribution in [-0.2, 0) is 6.61 Å². The average Bonchev–Trinajstić information content (AvgIpc) is 3.01. The molecule has 1 aliphatic rings. The predicted molar refractivity (Wildman–Crippen MR) is 54.2 cm³/mol. The number of nitrogens with two attached hydrogens (primary N) is 2. The third-order valence-corrected chi connectivity index (χ3v) is 2.71. The highest BCUT2D eigenvalue weighted by molar-refractivity contribution is 5.41. The Kier molecular flexibility index (Phi) is 2.39. The molecule has 0 aromatic carbocycles. The van der Waals surface area contributed by atoms with Crippen LogP contribution in [0.4, 0.5) is 5.82 Å². The second kappa shape index (κ2) is 3.55. The molecule has 4 nitrogen and oxygen atoms in total. The topological polar surface area (TPSA) is 85.2 Å². The van der Waals surface area contributed by atoms with Crippen LogP contribution >= 0.6 is 0 Å². The van der Waals surface area contributed by atoms with Crippen LogP contribution in [0, 0.1) is 5.92 Å². The zero-order valence-corrected chi connectivity index (χ0v) is 7.98. The van der Waals surface area contributed by atoms with Gasteiger partial charge in [0.05, 0.1) is 6.61 Å². The second-order valence-corrected chi connectivity index (χ2v) is 3.83. The molecule has 1 unspecified atom stereocenters. The van der Waals surface area contributed by atoms with Gasteiger partial charge in [0.1, 0.15) is 5.82 Å². The lowest BCUT2D eigenvalue weighted by Gasteiger charge is -2.12. The first-order valence-corrected chi connectivity index (χ1v) is 4.83. The summed E-state index contributed by atoms with van der Waals surface area (Å²) in [7, 11) is 0. The van der Waals surface area contributed by atoms with Gasteiger partial charge in [-0.05, 0) is 30.4 Å². The van der Waals surface area contributed by atoms with Gasteiger partial charge in [0.15, 0.2) is 0 Å². The van der Waals surface area contributed by atoms with Crippen molar-refractivity contribution >= 4 is 5.82 Å². The number of pyridine rings is 1. The molecular formula is C10H15N3O. The largest absolute Gasteiger partial charge is 0.392 e. The summed E-state index contributed by atoms with van der Waals surface area (Å²) in [6.45, 7) is -0.0793. The lowest BCUT2D eigenvalue weighted by Crippen LogP contribution is -2.13. The second-order valence-electron chi connectivity index (χ2n) is 3.83. The molecule has 1 aromatic rings. The fraction of sp³-hybridized carbons (Fsp3) is 0.500. The Hall–Kier alpha value is -1.13. The van der Waals surface area contributed by atoms with Gasteiger partial charge in [-0.25, -0.2) is 4.98 Å². The number of aliphatic hydroxyl groups excluding tert-OH is 1. The van der Waals surface area contributed by atoms with Crippen LogP contribution < -0.4 is 11.5 Å². The number of hydrogen-bond donors (Lipinski definition) is 3. The van der Waals surface area contributed by atoms with Crippen molar-refractivity contribution in [1.29, 1.82) is 0 Å². The Morgan fingerprint density at radius 3 is 2.86 bits per heavy atom. The average molecular weight is 193 g/mol. The minimum Gasteiger partial charge on any atom is -0.392 e. The van der Waals surface area contributed by atoms with Gasteiger partial charge in [-0.15, -0.1) is 0 Å². The number of aliphatic hydroxyl groups is 1. The van der Waals surface area contributed by atoms with Crippen LogP contribution in [0.2, 0.25) is 0 Å². The Morgan fingerprint density at radius 2 is 2.29 bits per heavy atom. The molecule has 76 valence electrons. The summed E-state index contributed by atoms with van der Waals surface area (Å²) in [5.74, 6) is 0.978. The Balaban J connectivity index is 2.25. The molecular weight excluding hydrogens is 178 g/mol. The van der Waals surface area contributed by atoms with E-state index in [2.05, 4.69) is 4.98 Å². The molecule has 14 heavy (non-hydrogen) atoms. The molecule has 0 aliphatic heterocycles. The molecule has 1 atom stereocenters. The molecule has 0 amide bonds. The summed E-state index contributed by atoms with van der Waals surface area (Å²) in [5.41, 5.74) is 13.2. The summed E-state index contributed by atoms with van der Waals surface area (Å²) in [4.78, 5) is 4.02. The van der Waals surface area contributed by atoms with Crippen molar-refractivity contribution in [1.82, 2.24) is 4.98 Å². The van der Waals surface area contributed by atoms with E-state index in [0.29, 0.717) is 17.3 Å². The molecule has 2 rings (SSSR count). The molecule has 1 saturated carbocycles. The van der Waals surface area contributed by atoms with E-state index in [4.69, 9.17) is 16.6 Å². The van der Waals surface area contributed by atoms with Gasteiger partial charge in [-0.2, -0.15) is 0 Å². The number of anilines is 1. The monoisotopic (exact) mass is 193 g/mol. The number of nitrogen functional groups attached to an aromatic ring is 1. The Labute approximate surface area is 82.9 Å². The quantitative estimate of drug-likeness (QED) is 0.655. The first-order valence-electron chi connectivity index (χ1n) is 4.83. The maximum absolute atomic E-state index is 9.02. The third kappa shape index (κ3) is 1.71. The zero-order valence-electron chi connectivity index (χ0n) is 7.98. The fourth-order valence-corrected chi connectivity index (χ4v) is 1.58. The first-order chi connectivity index (χ1) is 6.72. The maximum atomic E-state index is 9.02. The van der Waals surface area contributed by atoms with Crippen molar-refractivity contribution in [2.24, 2.45) is 11.7 Å². The molecule has 0 radical (unpaired) electrons. The van der Waals surface area contributed by atoms with E-state index in [9.17, 15) is 0 Å². The van der Waals surface area contributed by atoms with Gasteiger partial charge in [-0.1, -0.05) is 0 Å². The summed E-state index contributed by atoms with van der Waals surface area (Å²) < 4.78 is 0. The lowest BCUT2D eigenvalue weighted by atomic mass is 10.0. The van der Waals surface area contributed by atoms with Crippen molar-refractivity contribution in [2.75, 3.05) is 5.73 Å². The first kappa shape index (κ1) is 9.43. The van der Waals surface area contributed by atoms with Crippen LogP contribution in [-0.4, -0.2) is 10.1 Å². The van der Waals surface area contributed by atoms with E-state index in [1.165, 1.54) is 12.8 Å².